The number of fused-ring (bicyclic) bond motifs is 1. The third-order valence-electron chi connectivity index (χ3n) is 3.66. The van der Waals surface area contributed by atoms with Gasteiger partial charge in [-0.2, -0.15) is 0 Å². The highest BCUT2D eigenvalue weighted by Gasteiger charge is 2.28. The van der Waals surface area contributed by atoms with E-state index in [2.05, 4.69) is 21.5 Å². The van der Waals surface area contributed by atoms with Gasteiger partial charge < -0.3 is 5.73 Å². The monoisotopic (exact) mass is 329 g/mol. The zero-order valence-electron chi connectivity index (χ0n) is 11.8. The van der Waals surface area contributed by atoms with Gasteiger partial charge in [-0.3, -0.25) is 9.30 Å². The number of likely N-dealkylation sites (N-methyl/N-ethyl adjacent to an activating group) is 1. The van der Waals surface area contributed by atoms with Crippen LogP contribution in [0.1, 0.15) is 19.8 Å². The topological polar surface area (TPSA) is 92.7 Å². The second-order valence-corrected chi connectivity index (χ2v) is 7.67. The molecule has 0 amide bonds. The lowest BCUT2D eigenvalue weighted by atomic mass is 10.4. The van der Waals surface area contributed by atoms with Crippen molar-refractivity contribution in [3.63, 3.8) is 0 Å². The van der Waals surface area contributed by atoms with Gasteiger partial charge in [0, 0.05) is 30.7 Å². The molecule has 7 nitrogen and oxygen atoms in total. The lowest BCUT2D eigenvalue weighted by Gasteiger charge is -2.19. The van der Waals surface area contributed by atoms with Crippen molar-refractivity contribution in [2.24, 2.45) is 0 Å². The molecule has 1 saturated carbocycles. The van der Waals surface area contributed by atoms with Crippen LogP contribution in [0.15, 0.2) is 16.6 Å². The predicted molar refractivity (Wildman–Crippen MR) is 82.9 cm³/mol. The minimum atomic E-state index is -3.65. The fraction of sp³-hybridized carbons (Fsp3) is 0.583. The summed E-state index contributed by atoms with van der Waals surface area (Å²) in [5.74, 6) is 0.0453. The summed E-state index contributed by atoms with van der Waals surface area (Å²) in [7, 11) is -3.65. The Kier molecular flexibility index (Phi) is 3.91. The number of aromatic nitrogens is 2. The van der Waals surface area contributed by atoms with Gasteiger partial charge in [0.25, 0.3) is 10.0 Å². The van der Waals surface area contributed by atoms with Crippen LogP contribution in [0.25, 0.3) is 4.96 Å². The van der Waals surface area contributed by atoms with Crippen molar-refractivity contribution in [1.82, 2.24) is 19.0 Å². The molecule has 2 aromatic heterocycles. The van der Waals surface area contributed by atoms with Crippen LogP contribution in [-0.2, 0) is 10.0 Å². The number of imidazole rings is 1. The molecule has 0 aliphatic heterocycles. The minimum absolute atomic E-state index is 0.0354. The normalized spacial score (nSPS) is 16.1. The summed E-state index contributed by atoms with van der Waals surface area (Å²) >= 11 is 1.35. The standard InChI is InChI=1S/C12H19N5O2S2/c1-2-16(9-3-4-9)6-5-14-21(18,19)11-10(13)15-12-17(11)7-8-20-12/h7-9,14H,2-6,13H2,1H3. The molecule has 0 saturated heterocycles. The number of thiazole rings is 1. The summed E-state index contributed by atoms with van der Waals surface area (Å²) in [6.45, 7) is 4.13. The highest BCUT2D eigenvalue weighted by Crippen LogP contribution is 2.26. The summed E-state index contributed by atoms with van der Waals surface area (Å²) in [4.78, 5) is 6.95. The molecule has 2 heterocycles. The SMILES string of the molecule is CCN(CCNS(=O)(=O)c1c(N)nc2sccn12)C1CC1. The fourth-order valence-electron chi connectivity index (χ4n) is 2.48. The molecule has 2 aromatic rings. The average Bonchev–Trinajstić information content (AvgIpc) is 3.08. The molecular weight excluding hydrogens is 310 g/mol. The third kappa shape index (κ3) is 2.91. The van der Waals surface area contributed by atoms with Crippen molar-refractivity contribution in [3.8, 4) is 0 Å². The lowest BCUT2D eigenvalue weighted by Crippen LogP contribution is -2.36. The number of nitrogens with zero attached hydrogens (tertiary/aromatic N) is 3. The molecule has 3 rings (SSSR count). The second-order valence-electron chi connectivity index (χ2n) is 5.12. The molecule has 0 spiro atoms. The molecule has 1 aliphatic carbocycles. The van der Waals surface area contributed by atoms with E-state index in [1.165, 1.54) is 28.6 Å². The van der Waals surface area contributed by atoms with Crippen LogP contribution in [0.5, 0.6) is 0 Å². The summed E-state index contributed by atoms with van der Waals surface area (Å²) < 4.78 is 29.0. The minimum Gasteiger partial charge on any atom is -0.381 e. The van der Waals surface area contributed by atoms with Gasteiger partial charge in [-0.1, -0.05) is 6.92 Å². The van der Waals surface area contributed by atoms with Gasteiger partial charge in [-0.15, -0.1) is 11.3 Å². The number of nitrogens with two attached hydrogens (primary N) is 1. The van der Waals surface area contributed by atoms with E-state index in [1.807, 2.05) is 0 Å². The van der Waals surface area contributed by atoms with Crippen LogP contribution in [0.3, 0.4) is 0 Å². The number of anilines is 1. The fourth-order valence-corrected chi connectivity index (χ4v) is 4.48. The Hall–Kier alpha value is -1.16. The van der Waals surface area contributed by atoms with Gasteiger partial charge >= 0.3 is 0 Å². The van der Waals surface area contributed by atoms with Crippen LogP contribution < -0.4 is 10.5 Å². The predicted octanol–water partition coefficient (Wildman–Crippen LogP) is 0.741. The van der Waals surface area contributed by atoms with Gasteiger partial charge in [-0.25, -0.2) is 18.1 Å². The average molecular weight is 329 g/mol. The Morgan fingerprint density at radius 2 is 2.33 bits per heavy atom. The van der Waals surface area contributed by atoms with E-state index in [4.69, 9.17) is 5.73 Å². The van der Waals surface area contributed by atoms with Crippen molar-refractivity contribution in [2.45, 2.75) is 30.8 Å². The highest BCUT2D eigenvalue weighted by atomic mass is 32.2. The first-order valence-corrected chi connectivity index (χ1v) is 9.34. The quantitative estimate of drug-likeness (QED) is 0.781. The van der Waals surface area contributed by atoms with E-state index in [9.17, 15) is 8.42 Å². The van der Waals surface area contributed by atoms with Gasteiger partial charge in [-0.05, 0) is 19.4 Å². The number of nitrogen functional groups attached to an aromatic ring is 1. The maximum Gasteiger partial charge on any atom is 0.260 e. The summed E-state index contributed by atoms with van der Waals surface area (Å²) in [6, 6.07) is 0.628. The Labute approximate surface area is 127 Å². The zero-order chi connectivity index (χ0) is 15.0. The molecule has 116 valence electrons. The van der Waals surface area contributed by atoms with Gasteiger partial charge in [0.05, 0.1) is 0 Å². The Bertz CT molecular complexity index is 732. The van der Waals surface area contributed by atoms with Gasteiger partial charge in [0.2, 0.25) is 0 Å². The summed E-state index contributed by atoms with van der Waals surface area (Å²) in [6.07, 6.45) is 4.10. The molecular formula is C12H19N5O2S2. The zero-order valence-corrected chi connectivity index (χ0v) is 13.5. The maximum absolute atomic E-state index is 12.4. The van der Waals surface area contributed by atoms with Crippen molar-refractivity contribution in [2.75, 3.05) is 25.4 Å². The summed E-state index contributed by atoms with van der Waals surface area (Å²) in [5.41, 5.74) is 5.74. The van der Waals surface area contributed by atoms with E-state index in [0.717, 1.165) is 6.54 Å². The maximum atomic E-state index is 12.4. The number of nitrogens with one attached hydrogen (secondary N) is 1. The first kappa shape index (κ1) is 14.8. The van der Waals surface area contributed by atoms with Crippen LogP contribution in [0.2, 0.25) is 0 Å². The molecule has 1 aliphatic rings. The van der Waals surface area contributed by atoms with Gasteiger partial charge in [0.1, 0.15) is 0 Å². The van der Waals surface area contributed by atoms with E-state index >= 15 is 0 Å². The number of hydrogen-bond acceptors (Lipinski definition) is 6. The Balaban J connectivity index is 1.71. The molecule has 9 heteroatoms. The smallest absolute Gasteiger partial charge is 0.260 e. The van der Waals surface area contributed by atoms with Crippen molar-refractivity contribution in [3.05, 3.63) is 11.6 Å². The molecule has 21 heavy (non-hydrogen) atoms. The number of rotatable bonds is 7. The highest BCUT2D eigenvalue weighted by molar-refractivity contribution is 7.89. The van der Waals surface area contributed by atoms with Crippen molar-refractivity contribution >= 4 is 32.1 Å². The van der Waals surface area contributed by atoms with E-state index < -0.39 is 10.0 Å². The van der Waals surface area contributed by atoms with Crippen LogP contribution in [-0.4, -0.2) is 48.4 Å². The molecule has 0 bridgehead atoms. The molecule has 3 N–H and O–H groups in total. The molecule has 0 atom stereocenters. The molecule has 0 aromatic carbocycles. The lowest BCUT2D eigenvalue weighted by molar-refractivity contribution is 0.282. The molecule has 0 unspecified atom stereocenters. The van der Waals surface area contributed by atoms with Crippen LogP contribution in [0, 0.1) is 0 Å². The Morgan fingerprint density at radius 3 is 3.00 bits per heavy atom. The number of hydrogen-bond donors (Lipinski definition) is 2. The van der Waals surface area contributed by atoms with E-state index in [-0.39, 0.29) is 10.8 Å². The largest absolute Gasteiger partial charge is 0.381 e. The van der Waals surface area contributed by atoms with Crippen LogP contribution in [0.4, 0.5) is 5.82 Å². The van der Waals surface area contributed by atoms with E-state index in [1.54, 1.807) is 11.6 Å². The molecule has 1 fully saturated rings. The summed E-state index contributed by atoms with van der Waals surface area (Å²) in [5, 5.41) is 1.82. The Morgan fingerprint density at radius 1 is 1.57 bits per heavy atom. The van der Waals surface area contributed by atoms with Crippen molar-refractivity contribution in [1.29, 1.82) is 0 Å². The first-order chi connectivity index (χ1) is 10.0. The van der Waals surface area contributed by atoms with E-state index in [0.29, 0.717) is 24.1 Å². The first-order valence-electron chi connectivity index (χ1n) is 6.97. The molecule has 0 radical (unpaired) electrons. The third-order valence-corrected chi connectivity index (χ3v) is 5.91. The van der Waals surface area contributed by atoms with Crippen molar-refractivity contribution < 1.29 is 8.42 Å². The van der Waals surface area contributed by atoms with Gasteiger partial charge in [0.15, 0.2) is 15.8 Å². The number of sulfonamides is 1. The van der Waals surface area contributed by atoms with Crippen LogP contribution >= 0.6 is 11.3 Å². The second kappa shape index (κ2) is 5.56.